The lowest BCUT2D eigenvalue weighted by atomic mass is 10.1. The van der Waals surface area contributed by atoms with E-state index in [-0.39, 0.29) is 0 Å². The Morgan fingerprint density at radius 3 is 2.90 bits per heavy atom. The molecule has 3 aromatic rings. The van der Waals surface area contributed by atoms with Crippen molar-refractivity contribution in [1.82, 2.24) is 10.2 Å². The van der Waals surface area contributed by atoms with E-state index < -0.39 is 0 Å². The van der Waals surface area contributed by atoms with Gasteiger partial charge in [0.2, 0.25) is 12.3 Å². The molecule has 2 aromatic heterocycles. The standard InChI is InChI=1S/C14H12ClN3OS/c1-9-2-3-10(14-18-17-8-19-14)6-12(9)16-7-11-4-5-13(15)20-11/h2-6,8,16H,7H2,1H3. The van der Waals surface area contributed by atoms with Crippen molar-refractivity contribution in [3.05, 3.63) is 51.5 Å². The summed E-state index contributed by atoms with van der Waals surface area (Å²) in [5.41, 5.74) is 3.11. The molecule has 0 fully saturated rings. The van der Waals surface area contributed by atoms with Crippen molar-refractivity contribution < 1.29 is 4.42 Å². The van der Waals surface area contributed by atoms with Gasteiger partial charge in [-0.25, -0.2) is 0 Å². The maximum Gasteiger partial charge on any atom is 0.247 e. The van der Waals surface area contributed by atoms with Crippen molar-refractivity contribution in [2.75, 3.05) is 5.32 Å². The molecule has 1 N–H and O–H groups in total. The summed E-state index contributed by atoms with van der Waals surface area (Å²) in [5, 5.41) is 11.0. The van der Waals surface area contributed by atoms with E-state index in [9.17, 15) is 0 Å². The lowest BCUT2D eigenvalue weighted by molar-refractivity contribution is 0.568. The zero-order chi connectivity index (χ0) is 13.9. The molecule has 0 aliphatic carbocycles. The molecular formula is C14H12ClN3OS. The summed E-state index contributed by atoms with van der Waals surface area (Å²) in [4.78, 5) is 1.19. The fraction of sp³-hybridized carbons (Fsp3) is 0.143. The summed E-state index contributed by atoms with van der Waals surface area (Å²) in [6.45, 7) is 2.80. The van der Waals surface area contributed by atoms with Gasteiger partial charge in [-0.2, -0.15) is 0 Å². The first kappa shape index (κ1) is 13.1. The summed E-state index contributed by atoms with van der Waals surface area (Å²) >= 11 is 7.51. The van der Waals surface area contributed by atoms with Gasteiger partial charge in [0.25, 0.3) is 0 Å². The molecule has 20 heavy (non-hydrogen) atoms. The molecule has 3 rings (SSSR count). The van der Waals surface area contributed by atoms with Gasteiger partial charge < -0.3 is 9.73 Å². The number of nitrogens with zero attached hydrogens (tertiary/aromatic N) is 2. The number of anilines is 1. The van der Waals surface area contributed by atoms with Crippen LogP contribution in [0.5, 0.6) is 0 Å². The fourth-order valence-corrected chi connectivity index (χ4v) is 2.90. The van der Waals surface area contributed by atoms with E-state index in [4.69, 9.17) is 16.0 Å². The van der Waals surface area contributed by atoms with Crippen molar-refractivity contribution in [3.8, 4) is 11.5 Å². The Hall–Kier alpha value is -1.85. The summed E-state index contributed by atoms with van der Waals surface area (Å²) in [6, 6.07) is 9.94. The third-order valence-electron chi connectivity index (χ3n) is 2.93. The Morgan fingerprint density at radius 1 is 1.30 bits per heavy atom. The largest absolute Gasteiger partial charge is 0.423 e. The van der Waals surface area contributed by atoms with Gasteiger partial charge in [-0.05, 0) is 36.8 Å². The maximum absolute atomic E-state index is 5.93. The van der Waals surface area contributed by atoms with Crippen LogP contribution in [0.4, 0.5) is 5.69 Å². The van der Waals surface area contributed by atoms with Crippen LogP contribution in [0.1, 0.15) is 10.4 Å². The molecule has 0 atom stereocenters. The van der Waals surface area contributed by atoms with E-state index >= 15 is 0 Å². The molecular weight excluding hydrogens is 294 g/mol. The van der Waals surface area contributed by atoms with E-state index in [1.807, 2.05) is 30.3 Å². The number of aryl methyl sites for hydroxylation is 1. The zero-order valence-electron chi connectivity index (χ0n) is 10.8. The molecule has 2 heterocycles. The molecule has 0 aliphatic heterocycles. The number of nitrogens with one attached hydrogen (secondary N) is 1. The molecule has 0 bridgehead atoms. The highest BCUT2D eigenvalue weighted by molar-refractivity contribution is 7.16. The van der Waals surface area contributed by atoms with Gasteiger partial charge in [-0.15, -0.1) is 21.5 Å². The van der Waals surface area contributed by atoms with Crippen LogP contribution in [0.3, 0.4) is 0 Å². The first-order valence-corrected chi connectivity index (χ1v) is 7.27. The van der Waals surface area contributed by atoms with Gasteiger partial charge in [-0.3, -0.25) is 0 Å². The molecule has 6 heteroatoms. The van der Waals surface area contributed by atoms with Crippen molar-refractivity contribution in [3.63, 3.8) is 0 Å². The fourth-order valence-electron chi connectivity index (χ4n) is 1.87. The monoisotopic (exact) mass is 305 g/mol. The van der Waals surface area contributed by atoms with Crippen molar-refractivity contribution in [2.24, 2.45) is 0 Å². The molecule has 1 aromatic carbocycles. The highest BCUT2D eigenvalue weighted by Crippen LogP contribution is 2.26. The van der Waals surface area contributed by atoms with Crippen LogP contribution in [0.25, 0.3) is 11.5 Å². The Labute approximate surface area is 125 Å². The van der Waals surface area contributed by atoms with Gasteiger partial charge in [-0.1, -0.05) is 17.7 Å². The number of hydrogen-bond acceptors (Lipinski definition) is 5. The van der Waals surface area contributed by atoms with E-state index in [0.717, 1.165) is 27.7 Å². The van der Waals surface area contributed by atoms with Gasteiger partial charge in [0.15, 0.2) is 0 Å². The molecule has 0 aliphatic rings. The molecule has 4 nitrogen and oxygen atoms in total. The van der Waals surface area contributed by atoms with Crippen LogP contribution in [0, 0.1) is 6.92 Å². The summed E-state index contributed by atoms with van der Waals surface area (Å²) in [6.07, 6.45) is 1.33. The number of aromatic nitrogens is 2. The smallest absolute Gasteiger partial charge is 0.247 e. The minimum atomic E-state index is 0.521. The second-order valence-electron chi connectivity index (χ2n) is 4.33. The predicted octanol–water partition coefficient (Wildman–Crippen LogP) is 4.37. The van der Waals surface area contributed by atoms with E-state index in [1.54, 1.807) is 11.3 Å². The van der Waals surface area contributed by atoms with Crippen LogP contribution in [0.15, 0.2) is 41.1 Å². The van der Waals surface area contributed by atoms with Crippen molar-refractivity contribution >= 4 is 28.6 Å². The minimum Gasteiger partial charge on any atom is -0.423 e. The average Bonchev–Trinajstić information content (AvgIpc) is 3.09. The maximum atomic E-state index is 5.93. The van der Waals surface area contributed by atoms with Crippen LogP contribution >= 0.6 is 22.9 Å². The second-order valence-corrected chi connectivity index (χ2v) is 6.13. The highest BCUT2D eigenvalue weighted by Gasteiger charge is 2.07. The van der Waals surface area contributed by atoms with Crippen LogP contribution in [-0.4, -0.2) is 10.2 Å². The predicted molar refractivity (Wildman–Crippen MR) is 81.1 cm³/mol. The molecule has 0 amide bonds. The third-order valence-corrected chi connectivity index (χ3v) is 4.16. The summed E-state index contributed by atoms with van der Waals surface area (Å²) in [5.74, 6) is 0.521. The quantitative estimate of drug-likeness (QED) is 0.777. The van der Waals surface area contributed by atoms with Crippen molar-refractivity contribution in [1.29, 1.82) is 0 Å². The topological polar surface area (TPSA) is 51.0 Å². The number of halogens is 1. The second kappa shape index (κ2) is 5.64. The average molecular weight is 306 g/mol. The number of benzene rings is 1. The number of rotatable bonds is 4. The number of hydrogen-bond donors (Lipinski definition) is 1. The molecule has 102 valence electrons. The Bertz CT molecular complexity index is 709. The van der Waals surface area contributed by atoms with Gasteiger partial charge in [0, 0.05) is 22.7 Å². The normalized spacial score (nSPS) is 10.7. The Kier molecular flexibility index (Phi) is 3.71. The van der Waals surface area contributed by atoms with Crippen LogP contribution in [0.2, 0.25) is 4.34 Å². The molecule has 0 saturated heterocycles. The lowest BCUT2D eigenvalue weighted by Crippen LogP contribution is -1.99. The first-order valence-electron chi connectivity index (χ1n) is 6.07. The zero-order valence-corrected chi connectivity index (χ0v) is 12.3. The summed E-state index contributed by atoms with van der Waals surface area (Å²) in [7, 11) is 0. The minimum absolute atomic E-state index is 0.521. The molecule has 0 spiro atoms. The highest BCUT2D eigenvalue weighted by atomic mass is 35.5. The number of thiophene rings is 1. The lowest BCUT2D eigenvalue weighted by Gasteiger charge is -2.09. The van der Waals surface area contributed by atoms with Gasteiger partial charge in [0.05, 0.1) is 4.34 Å². The molecule has 0 saturated carbocycles. The first-order chi connectivity index (χ1) is 9.72. The SMILES string of the molecule is Cc1ccc(-c2nnco2)cc1NCc1ccc(Cl)s1. The third kappa shape index (κ3) is 2.84. The Balaban J connectivity index is 1.80. The van der Waals surface area contributed by atoms with Gasteiger partial charge >= 0.3 is 0 Å². The van der Waals surface area contributed by atoms with Gasteiger partial charge in [0.1, 0.15) is 0 Å². The van der Waals surface area contributed by atoms with Crippen molar-refractivity contribution in [2.45, 2.75) is 13.5 Å². The van der Waals surface area contributed by atoms with Crippen LogP contribution < -0.4 is 5.32 Å². The summed E-state index contributed by atoms with van der Waals surface area (Å²) < 4.78 is 6.02. The van der Waals surface area contributed by atoms with E-state index in [0.29, 0.717) is 5.89 Å². The molecule has 0 unspecified atom stereocenters. The molecule has 0 radical (unpaired) electrons. The van der Waals surface area contributed by atoms with E-state index in [2.05, 4.69) is 22.4 Å². The van der Waals surface area contributed by atoms with E-state index in [1.165, 1.54) is 11.3 Å². The van der Waals surface area contributed by atoms with Crippen LogP contribution in [-0.2, 0) is 6.54 Å². The Morgan fingerprint density at radius 2 is 2.20 bits per heavy atom.